The number of hydrogen-bond acceptors (Lipinski definition) is 4. The van der Waals surface area contributed by atoms with Crippen LogP contribution < -0.4 is 10.1 Å². The number of carbonyl (C=O) groups excluding carboxylic acids is 1. The summed E-state index contributed by atoms with van der Waals surface area (Å²) < 4.78 is 5.98. The summed E-state index contributed by atoms with van der Waals surface area (Å²) in [5.41, 5.74) is 2.60. The first-order valence-electron chi connectivity index (χ1n) is 12.0. The molecular weight excluding hydrogens is 469 g/mol. The van der Waals surface area contributed by atoms with E-state index in [1.165, 1.54) is 24.8 Å². The average Bonchev–Trinajstić information content (AvgIpc) is 3.27. The van der Waals surface area contributed by atoms with Gasteiger partial charge in [0.05, 0.1) is 18.2 Å². The van der Waals surface area contributed by atoms with E-state index in [1.807, 2.05) is 18.2 Å². The summed E-state index contributed by atoms with van der Waals surface area (Å²) >= 11 is 5.92. The normalized spacial score (nSPS) is 25.8. The Kier molecular flexibility index (Phi) is 8.03. The summed E-state index contributed by atoms with van der Waals surface area (Å²) in [6.45, 7) is 4.03. The standard InChI is InChI=1S/C27H30ClN3O2.ClH/c28-22-6-4-20(5-7-22)27(32)30-23-8-1-18(2-9-23)11-12-31-15-21-17-33-26-10-3-19(14-29)13-24(26)25(21)16-31;/h3-7,10,13,18,21,23,25H,1-2,8-9,11-12,15-17H2,(H,30,32);1H/t18?,21-,23?,25+;/m0./s1. The number of nitriles is 1. The quantitative estimate of drug-likeness (QED) is 0.596. The number of hydrogen-bond donors (Lipinski definition) is 1. The van der Waals surface area contributed by atoms with Crippen molar-refractivity contribution >= 4 is 29.9 Å². The third-order valence-electron chi connectivity index (χ3n) is 7.65. The summed E-state index contributed by atoms with van der Waals surface area (Å²) in [6, 6.07) is 15.4. The van der Waals surface area contributed by atoms with Crippen LogP contribution in [0, 0.1) is 23.2 Å². The van der Waals surface area contributed by atoms with Crippen molar-refractivity contribution in [3.63, 3.8) is 0 Å². The Balaban J connectivity index is 0.00000274. The zero-order valence-electron chi connectivity index (χ0n) is 19.2. The van der Waals surface area contributed by atoms with E-state index in [-0.39, 0.29) is 24.4 Å². The van der Waals surface area contributed by atoms with Gasteiger partial charge in [0, 0.05) is 47.1 Å². The van der Waals surface area contributed by atoms with E-state index in [0.29, 0.717) is 22.4 Å². The average molecular weight is 500 g/mol. The Bertz CT molecular complexity index is 1040. The molecule has 3 aliphatic rings. The summed E-state index contributed by atoms with van der Waals surface area (Å²) in [4.78, 5) is 15.1. The molecule has 5 nitrogen and oxygen atoms in total. The molecule has 2 aromatic rings. The third kappa shape index (κ3) is 5.51. The minimum Gasteiger partial charge on any atom is -0.493 e. The zero-order valence-corrected chi connectivity index (χ0v) is 20.8. The molecule has 2 atom stereocenters. The summed E-state index contributed by atoms with van der Waals surface area (Å²) in [7, 11) is 0. The Labute approximate surface area is 212 Å². The van der Waals surface area contributed by atoms with Crippen LogP contribution in [0.4, 0.5) is 0 Å². The fourth-order valence-corrected chi connectivity index (χ4v) is 5.86. The summed E-state index contributed by atoms with van der Waals surface area (Å²) in [5.74, 6) is 2.67. The maximum Gasteiger partial charge on any atom is 0.251 e. The van der Waals surface area contributed by atoms with Gasteiger partial charge in [0.1, 0.15) is 5.75 Å². The Hall–Kier alpha value is -2.26. The van der Waals surface area contributed by atoms with Crippen LogP contribution in [0.25, 0.3) is 0 Å². The van der Waals surface area contributed by atoms with Crippen LogP contribution in [0.5, 0.6) is 5.75 Å². The molecule has 0 aromatic heterocycles. The first kappa shape index (κ1) is 24.9. The molecule has 2 aromatic carbocycles. The predicted molar refractivity (Wildman–Crippen MR) is 136 cm³/mol. The highest BCUT2D eigenvalue weighted by Crippen LogP contribution is 2.42. The Morgan fingerprint density at radius 1 is 1.12 bits per heavy atom. The molecule has 34 heavy (non-hydrogen) atoms. The number of ether oxygens (including phenoxy) is 1. The first-order valence-corrected chi connectivity index (χ1v) is 12.4. The van der Waals surface area contributed by atoms with E-state index < -0.39 is 0 Å². The van der Waals surface area contributed by atoms with Gasteiger partial charge in [0.15, 0.2) is 0 Å². The number of halogens is 2. The van der Waals surface area contributed by atoms with E-state index in [0.717, 1.165) is 56.3 Å². The molecule has 2 aliphatic heterocycles. The second-order valence-corrected chi connectivity index (χ2v) is 10.2. The molecule has 180 valence electrons. The van der Waals surface area contributed by atoms with Gasteiger partial charge in [-0.2, -0.15) is 5.26 Å². The number of nitrogens with one attached hydrogen (secondary N) is 1. The highest BCUT2D eigenvalue weighted by Gasteiger charge is 2.39. The number of carbonyl (C=O) groups is 1. The fraction of sp³-hybridized carbons (Fsp3) is 0.481. The van der Waals surface area contributed by atoms with E-state index in [1.54, 1.807) is 24.3 Å². The van der Waals surface area contributed by atoms with Crippen molar-refractivity contribution in [2.45, 2.75) is 44.1 Å². The zero-order chi connectivity index (χ0) is 22.8. The lowest BCUT2D eigenvalue weighted by molar-refractivity contribution is 0.0920. The van der Waals surface area contributed by atoms with Crippen LogP contribution in [0.3, 0.4) is 0 Å². The van der Waals surface area contributed by atoms with Crippen molar-refractivity contribution in [3.05, 3.63) is 64.2 Å². The first-order chi connectivity index (χ1) is 16.1. The van der Waals surface area contributed by atoms with Gasteiger partial charge in [0.25, 0.3) is 5.91 Å². The van der Waals surface area contributed by atoms with Gasteiger partial charge in [0.2, 0.25) is 0 Å². The van der Waals surface area contributed by atoms with Crippen molar-refractivity contribution in [2.24, 2.45) is 11.8 Å². The molecule has 0 radical (unpaired) electrons. The molecule has 1 saturated heterocycles. The number of fused-ring (bicyclic) bond motifs is 3. The molecular formula is C27H31Cl2N3O2. The Morgan fingerprint density at radius 2 is 1.88 bits per heavy atom. The Morgan fingerprint density at radius 3 is 2.62 bits per heavy atom. The molecule has 0 spiro atoms. The van der Waals surface area contributed by atoms with Crippen molar-refractivity contribution in [3.8, 4) is 11.8 Å². The molecule has 1 N–H and O–H groups in total. The van der Waals surface area contributed by atoms with Gasteiger partial charge in [-0.15, -0.1) is 12.4 Å². The molecule has 2 heterocycles. The lowest BCUT2D eigenvalue weighted by atomic mass is 9.84. The predicted octanol–water partition coefficient (Wildman–Crippen LogP) is 5.42. The van der Waals surface area contributed by atoms with Gasteiger partial charge in [-0.25, -0.2) is 0 Å². The molecule has 1 aliphatic carbocycles. The van der Waals surface area contributed by atoms with Crippen LogP contribution in [-0.4, -0.2) is 43.1 Å². The minimum atomic E-state index is -0.00292. The highest BCUT2D eigenvalue weighted by atomic mass is 35.5. The van der Waals surface area contributed by atoms with Gasteiger partial charge in [-0.3, -0.25) is 4.79 Å². The number of benzene rings is 2. The molecule has 1 saturated carbocycles. The van der Waals surface area contributed by atoms with Crippen LogP contribution in [0.15, 0.2) is 42.5 Å². The summed E-state index contributed by atoms with van der Waals surface area (Å²) in [6.07, 6.45) is 5.65. The largest absolute Gasteiger partial charge is 0.493 e. The minimum absolute atomic E-state index is 0. The number of likely N-dealkylation sites (tertiary alicyclic amines) is 1. The lowest BCUT2D eigenvalue weighted by Gasteiger charge is -2.30. The van der Waals surface area contributed by atoms with Gasteiger partial charge in [-0.05, 0) is 87.0 Å². The summed E-state index contributed by atoms with van der Waals surface area (Å²) in [5, 5.41) is 13.1. The van der Waals surface area contributed by atoms with Crippen LogP contribution in [-0.2, 0) is 0 Å². The SMILES string of the molecule is Cl.N#Cc1ccc2c(c1)[C@@H]1CN(CCC3CCC(NC(=O)c4ccc(Cl)cc4)CC3)C[C@H]1CO2. The maximum absolute atomic E-state index is 12.5. The van der Waals surface area contributed by atoms with E-state index in [4.69, 9.17) is 16.3 Å². The monoisotopic (exact) mass is 499 g/mol. The number of nitrogens with zero attached hydrogens (tertiary/aromatic N) is 2. The third-order valence-corrected chi connectivity index (χ3v) is 7.90. The smallest absolute Gasteiger partial charge is 0.251 e. The van der Waals surface area contributed by atoms with E-state index in [9.17, 15) is 10.1 Å². The van der Waals surface area contributed by atoms with Crippen molar-refractivity contribution < 1.29 is 9.53 Å². The molecule has 5 rings (SSSR count). The molecule has 1 amide bonds. The van der Waals surface area contributed by atoms with Crippen molar-refractivity contribution in [1.82, 2.24) is 10.2 Å². The second-order valence-electron chi connectivity index (χ2n) is 9.79. The van der Waals surface area contributed by atoms with Gasteiger partial charge < -0.3 is 15.0 Å². The number of rotatable bonds is 5. The van der Waals surface area contributed by atoms with Crippen LogP contribution in [0.1, 0.15) is 59.5 Å². The van der Waals surface area contributed by atoms with E-state index in [2.05, 4.69) is 16.3 Å². The second kappa shape index (κ2) is 11.0. The molecule has 0 unspecified atom stereocenters. The molecule has 7 heteroatoms. The molecule has 0 bridgehead atoms. The van der Waals surface area contributed by atoms with Gasteiger partial charge in [-0.1, -0.05) is 11.6 Å². The van der Waals surface area contributed by atoms with E-state index >= 15 is 0 Å². The van der Waals surface area contributed by atoms with Gasteiger partial charge >= 0.3 is 0 Å². The van der Waals surface area contributed by atoms with Crippen LogP contribution >= 0.6 is 24.0 Å². The number of amides is 1. The lowest BCUT2D eigenvalue weighted by Crippen LogP contribution is -2.38. The topological polar surface area (TPSA) is 65.4 Å². The fourth-order valence-electron chi connectivity index (χ4n) is 5.73. The highest BCUT2D eigenvalue weighted by molar-refractivity contribution is 6.30. The van der Waals surface area contributed by atoms with Crippen LogP contribution in [0.2, 0.25) is 5.02 Å². The molecule has 2 fully saturated rings. The van der Waals surface area contributed by atoms with Crippen molar-refractivity contribution in [2.75, 3.05) is 26.2 Å². The van der Waals surface area contributed by atoms with Crippen molar-refractivity contribution in [1.29, 1.82) is 5.26 Å². The maximum atomic E-state index is 12.5.